The van der Waals surface area contributed by atoms with Gasteiger partial charge < -0.3 is 31.2 Å². The summed E-state index contributed by atoms with van der Waals surface area (Å²) in [4.78, 5) is 70.2. The first-order chi connectivity index (χ1) is 26.4. The number of rotatable bonds is 14. The molecule has 0 bridgehead atoms. The number of nitrogen functional groups attached to an aromatic ring is 1. The molecule has 26 heteroatoms. The molecule has 2 aliphatic heterocycles. The molecule has 0 unspecified atom stereocenters. The second kappa shape index (κ2) is 15.5. The summed E-state index contributed by atoms with van der Waals surface area (Å²) in [5.41, 5.74) is 5.67. The van der Waals surface area contributed by atoms with Crippen LogP contribution in [-0.2, 0) is 40.6 Å². The van der Waals surface area contributed by atoms with Crippen molar-refractivity contribution in [1.29, 1.82) is 0 Å². The standard InChI is InChI=1S/C30H31N11O11S4/c1-12-6-19(41-29(33-12)35-18(37-41)8-32-56(50,51)14-4-5-16(42)17(43)7-14)53-9-13-10-54-25-21(24(45)40(25)22(13)26(46)47)36-23(44)20(15-11-55-28(31)34-15)39-52-30(2,3)27(48)38-49/h4-7,11,21,25,32,42-43,49H,8-10H2,1-3H3,(H2,31,34)(H,36,44)(H,38,48)(H,46,47)/b39-20-/t21-,25-/m1/s1. The lowest BCUT2D eigenvalue weighted by Crippen LogP contribution is -2.71. The molecule has 0 saturated carbocycles. The largest absolute Gasteiger partial charge is 0.504 e. The van der Waals surface area contributed by atoms with Crippen LogP contribution in [0, 0.1) is 6.92 Å². The number of β-lactam (4-membered cyclic amide) rings is 1. The zero-order chi connectivity index (χ0) is 40.7. The minimum atomic E-state index is -4.13. The summed E-state index contributed by atoms with van der Waals surface area (Å²) < 4.78 is 29.2. The molecule has 4 aromatic rings. The number of carboxylic acid groups (broad SMARTS) is 1. The van der Waals surface area contributed by atoms with Gasteiger partial charge in [0.2, 0.25) is 15.6 Å². The van der Waals surface area contributed by atoms with Crippen LogP contribution in [0.3, 0.4) is 0 Å². The molecule has 1 fully saturated rings. The number of hydroxylamine groups is 1. The SMILES string of the molecule is Cc1cc(SCC2=C(C(=O)O)N3C(=O)[C@@H](NC(=O)/C(=N\OC(C)(C)C(=O)NO)c4csc(N)n4)[C@H]3SC2)n2nc(CNS(=O)(=O)c3ccc(O)c(O)c3)nc2n1. The smallest absolute Gasteiger partial charge is 0.352 e. The van der Waals surface area contributed by atoms with Crippen molar-refractivity contribution in [3.05, 3.63) is 58.1 Å². The number of anilines is 1. The van der Waals surface area contributed by atoms with Gasteiger partial charge in [-0.2, -0.15) is 9.50 Å². The predicted octanol–water partition coefficient (Wildman–Crippen LogP) is -0.103. The summed E-state index contributed by atoms with van der Waals surface area (Å²) in [6.07, 6.45) is 0. The number of benzene rings is 1. The number of fused-ring (bicyclic) bond motifs is 2. The monoisotopic (exact) mass is 849 g/mol. The van der Waals surface area contributed by atoms with Crippen LogP contribution in [0.2, 0.25) is 0 Å². The van der Waals surface area contributed by atoms with Crippen LogP contribution in [0.1, 0.15) is 31.1 Å². The highest BCUT2D eigenvalue weighted by Gasteiger charge is 2.54. The van der Waals surface area contributed by atoms with E-state index in [1.54, 1.807) is 13.0 Å². The molecular weight excluding hydrogens is 819 g/mol. The Bertz CT molecular complexity index is 2450. The van der Waals surface area contributed by atoms with E-state index in [9.17, 15) is 42.9 Å². The molecule has 0 aliphatic carbocycles. The van der Waals surface area contributed by atoms with Gasteiger partial charge in [-0.25, -0.2) is 33.4 Å². The molecule has 1 saturated heterocycles. The molecule has 0 radical (unpaired) electrons. The fourth-order valence-corrected chi connectivity index (χ4v) is 9.27. The minimum Gasteiger partial charge on any atom is -0.504 e. The second-order valence-corrected chi connectivity index (χ2v) is 17.2. The maximum Gasteiger partial charge on any atom is 0.352 e. The first-order valence-electron chi connectivity index (χ1n) is 15.9. The number of carbonyl (C=O) groups is 4. The number of aliphatic carboxylic acids is 1. The van der Waals surface area contributed by atoms with Gasteiger partial charge in [-0.05, 0) is 44.5 Å². The summed E-state index contributed by atoms with van der Waals surface area (Å²) in [6, 6.07) is 3.54. The number of aryl methyl sites for hydroxylation is 1. The van der Waals surface area contributed by atoms with Gasteiger partial charge in [0.25, 0.3) is 23.5 Å². The number of hydrogen-bond donors (Lipinski definition) is 8. The first-order valence-corrected chi connectivity index (χ1v) is 20.3. The number of thiazole rings is 1. The summed E-state index contributed by atoms with van der Waals surface area (Å²) in [5, 5.41) is 50.3. The Morgan fingerprint density at radius 2 is 1.91 bits per heavy atom. The third kappa shape index (κ3) is 8.05. The number of carboxylic acids is 1. The lowest BCUT2D eigenvalue weighted by molar-refractivity contribution is -0.152. The van der Waals surface area contributed by atoms with Crippen molar-refractivity contribution in [2.24, 2.45) is 5.16 Å². The third-order valence-electron chi connectivity index (χ3n) is 8.05. The van der Waals surface area contributed by atoms with Crippen LogP contribution in [-0.4, -0.2) is 116 Å². The Labute approximate surface area is 328 Å². The molecule has 6 rings (SSSR count). The van der Waals surface area contributed by atoms with E-state index in [2.05, 4.69) is 35.2 Å². The van der Waals surface area contributed by atoms with E-state index in [0.717, 1.165) is 34.4 Å². The topological polar surface area (TPSA) is 326 Å². The molecule has 1 aromatic carbocycles. The molecule has 9 N–H and O–H groups in total. The number of phenols is 2. The molecule has 22 nitrogen and oxygen atoms in total. The van der Waals surface area contributed by atoms with Crippen molar-refractivity contribution in [3.63, 3.8) is 0 Å². The molecule has 3 aromatic heterocycles. The first kappa shape index (κ1) is 40.1. The lowest BCUT2D eigenvalue weighted by atomic mass is 10.0. The second-order valence-electron chi connectivity index (χ2n) is 12.4. The van der Waals surface area contributed by atoms with E-state index in [4.69, 9.17) is 15.8 Å². The van der Waals surface area contributed by atoms with Crippen LogP contribution < -0.4 is 21.3 Å². The Morgan fingerprint density at radius 1 is 1.16 bits per heavy atom. The number of carbonyl (C=O) groups excluding carboxylic acids is 3. The maximum atomic E-state index is 13.5. The molecule has 296 valence electrons. The van der Waals surface area contributed by atoms with E-state index >= 15 is 0 Å². The Balaban J connectivity index is 1.17. The number of thioether (sulfide) groups is 2. The molecule has 5 heterocycles. The van der Waals surface area contributed by atoms with Crippen molar-refractivity contribution < 1.29 is 53.0 Å². The molecule has 56 heavy (non-hydrogen) atoms. The van der Waals surface area contributed by atoms with Crippen molar-refractivity contribution in [2.75, 3.05) is 17.2 Å². The number of hydrogen-bond acceptors (Lipinski definition) is 19. The quantitative estimate of drug-likeness (QED) is 0.0156. The number of amides is 3. The van der Waals surface area contributed by atoms with Crippen molar-refractivity contribution in [1.82, 2.24) is 45.0 Å². The fourth-order valence-electron chi connectivity index (χ4n) is 5.19. The number of sulfonamides is 1. The molecule has 2 atom stereocenters. The zero-order valence-electron chi connectivity index (χ0n) is 29.2. The van der Waals surface area contributed by atoms with Crippen molar-refractivity contribution >= 4 is 85.2 Å². The van der Waals surface area contributed by atoms with E-state index < -0.39 is 67.9 Å². The van der Waals surface area contributed by atoms with Crippen LogP contribution >= 0.6 is 34.9 Å². The average molecular weight is 850 g/mol. The number of aromatic hydroxyl groups is 2. The summed E-state index contributed by atoms with van der Waals surface area (Å²) in [5.74, 6) is -4.62. The Morgan fingerprint density at radius 3 is 2.57 bits per heavy atom. The zero-order valence-corrected chi connectivity index (χ0v) is 32.4. The Hall–Kier alpha value is -5.54. The van der Waals surface area contributed by atoms with E-state index in [1.807, 2.05) is 0 Å². The van der Waals surface area contributed by atoms with Gasteiger partial charge >= 0.3 is 5.97 Å². The average Bonchev–Trinajstić information content (AvgIpc) is 3.77. The van der Waals surface area contributed by atoms with Crippen LogP contribution in [0.4, 0.5) is 5.13 Å². The van der Waals surface area contributed by atoms with E-state index in [0.29, 0.717) is 16.3 Å². The number of nitrogens with two attached hydrogens (primary N) is 1. The highest BCUT2D eigenvalue weighted by atomic mass is 32.2. The predicted molar refractivity (Wildman–Crippen MR) is 198 cm³/mol. The van der Waals surface area contributed by atoms with E-state index in [-0.39, 0.29) is 51.1 Å². The highest BCUT2D eigenvalue weighted by molar-refractivity contribution is 8.01. The third-order valence-corrected chi connectivity index (χ3v) is 12.5. The number of phenolic OH excluding ortho intramolecular Hbond substituents is 2. The number of oxime groups is 1. The molecular formula is C30H31N11O11S4. The van der Waals surface area contributed by atoms with Gasteiger partial charge in [-0.3, -0.25) is 24.5 Å². The van der Waals surface area contributed by atoms with Gasteiger partial charge in [0, 0.05) is 28.6 Å². The normalized spacial score (nSPS) is 17.4. The van der Waals surface area contributed by atoms with Crippen LogP contribution in [0.15, 0.2) is 56.0 Å². The van der Waals surface area contributed by atoms with Gasteiger partial charge in [0.15, 0.2) is 28.2 Å². The minimum absolute atomic E-state index is 0.0213. The summed E-state index contributed by atoms with van der Waals surface area (Å²) in [7, 11) is -4.13. The summed E-state index contributed by atoms with van der Waals surface area (Å²) in [6.45, 7) is 3.90. The number of nitrogens with one attached hydrogen (secondary N) is 3. The maximum absolute atomic E-state index is 13.5. The summed E-state index contributed by atoms with van der Waals surface area (Å²) >= 11 is 3.39. The van der Waals surface area contributed by atoms with Crippen molar-refractivity contribution in [3.8, 4) is 11.5 Å². The molecule has 3 amide bonds. The van der Waals surface area contributed by atoms with E-state index in [1.165, 1.54) is 52.7 Å². The molecule has 0 spiro atoms. The lowest BCUT2D eigenvalue weighted by Gasteiger charge is -2.49. The molecule has 2 aliphatic rings. The van der Waals surface area contributed by atoms with Gasteiger partial charge in [-0.1, -0.05) is 5.16 Å². The highest BCUT2D eigenvalue weighted by Crippen LogP contribution is 2.42. The number of nitrogens with zero attached hydrogens (tertiary/aromatic N) is 7. The van der Waals surface area contributed by atoms with Crippen LogP contribution in [0.25, 0.3) is 5.78 Å². The Kier molecular flexibility index (Phi) is 11.1. The number of aromatic nitrogens is 5. The van der Waals surface area contributed by atoms with Gasteiger partial charge in [-0.15, -0.1) is 40.0 Å². The van der Waals surface area contributed by atoms with Gasteiger partial charge in [0.1, 0.15) is 27.8 Å². The fraction of sp³-hybridized carbons (Fsp3) is 0.300. The van der Waals surface area contributed by atoms with Crippen LogP contribution in [0.5, 0.6) is 11.5 Å². The van der Waals surface area contributed by atoms with Gasteiger partial charge in [0.05, 0.1) is 11.4 Å². The van der Waals surface area contributed by atoms with Crippen molar-refractivity contribution in [2.45, 2.75) is 54.3 Å².